The van der Waals surface area contributed by atoms with Gasteiger partial charge in [0.1, 0.15) is 5.35 Å². The maximum atomic E-state index is 5.32. The number of hydrogen-bond acceptors (Lipinski definition) is 3. The Morgan fingerprint density at radius 1 is 1.21 bits per heavy atom. The molecule has 3 rings (SSSR count). The zero-order chi connectivity index (χ0) is 9.38. The van der Waals surface area contributed by atoms with Crippen LogP contribution in [0.25, 0.3) is 18.4 Å². The van der Waals surface area contributed by atoms with Crippen LogP contribution in [0.15, 0.2) is 24.7 Å². The predicted molar refractivity (Wildman–Crippen MR) is 52.3 cm³/mol. The van der Waals surface area contributed by atoms with Crippen LogP contribution in [0.4, 0.5) is 0 Å². The smallest absolute Gasteiger partial charge is 0.152 e. The highest BCUT2D eigenvalue weighted by Gasteiger charge is 2.05. The molecule has 0 aliphatic carbocycles. The summed E-state index contributed by atoms with van der Waals surface area (Å²) in [6, 6.07) is 1.92. The van der Waals surface area contributed by atoms with Crippen LogP contribution < -0.4 is 15.3 Å². The standard InChI is InChI=1S/C11H7NO2/c1-2-10-11(14-4-1)6-8-7-13-5-3-9(8)12-10/h1-7H. The van der Waals surface area contributed by atoms with E-state index in [0.717, 1.165) is 22.0 Å². The number of pyridine rings is 1. The fourth-order valence-corrected chi connectivity index (χ4v) is 1.44. The van der Waals surface area contributed by atoms with Gasteiger partial charge < -0.3 is 9.47 Å². The number of aromatic nitrogens is 1. The van der Waals surface area contributed by atoms with Crippen molar-refractivity contribution in [3.05, 3.63) is 40.9 Å². The summed E-state index contributed by atoms with van der Waals surface area (Å²) >= 11 is 0. The molecule has 0 saturated carbocycles. The van der Waals surface area contributed by atoms with E-state index in [1.807, 2.05) is 24.3 Å². The second kappa shape index (κ2) is 2.73. The monoisotopic (exact) mass is 185 g/mol. The largest absolute Gasteiger partial charge is 0.472 e. The Hall–Kier alpha value is -2.03. The van der Waals surface area contributed by atoms with Crippen molar-refractivity contribution >= 4 is 18.4 Å². The lowest BCUT2D eigenvalue weighted by Gasteiger charge is -2.07. The van der Waals surface area contributed by atoms with E-state index >= 15 is 0 Å². The van der Waals surface area contributed by atoms with E-state index in [0.29, 0.717) is 0 Å². The van der Waals surface area contributed by atoms with Gasteiger partial charge in [0.25, 0.3) is 0 Å². The van der Waals surface area contributed by atoms with Crippen LogP contribution in [0.3, 0.4) is 0 Å². The van der Waals surface area contributed by atoms with E-state index < -0.39 is 0 Å². The first-order valence-electron chi connectivity index (χ1n) is 4.30. The van der Waals surface area contributed by atoms with Crippen molar-refractivity contribution in [2.45, 2.75) is 0 Å². The maximum absolute atomic E-state index is 5.32. The topological polar surface area (TPSA) is 31.4 Å². The highest BCUT2D eigenvalue weighted by Crippen LogP contribution is 2.06. The molecule has 3 heterocycles. The van der Waals surface area contributed by atoms with E-state index in [1.54, 1.807) is 18.8 Å². The zero-order valence-corrected chi connectivity index (χ0v) is 7.31. The number of nitrogens with zero attached hydrogens (tertiary/aromatic N) is 1. The molecule has 3 nitrogen and oxygen atoms in total. The molecule has 0 saturated heterocycles. The van der Waals surface area contributed by atoms with Crippen LogP contribution in [-0.4, -0.2) is 4.98 Å². The number of rotatable bonds is 0. The number of ether oxygens (including phenoxy) is 2. The summed E-state index contributed by atoms with van der Waals surface area (Å²) in [6.07, 6.45) is 10.5. The van der Waals surface area contributed by atoms with Crippen LogP contribution in [0.2, 0.25) is 0 Å². The summed E-state index contributed by atoms with van der Waals surface area (Å²) in [4.78, 5) is 4.42. The second-order valence-corrected chi connectivity index (χ2v) is 3.02. The van der Waals surface area contributed by atoms with E-state index in [4.69, 9.17) is 9.47 Å². The minimum absolute atomic E-state index is 0.765. The van der Waals surface area contributed by atoms with Gasteiger partial charge in [0.05, 0.1) is 24.5 Å². The minimum atomic E-state index is 0.765. The summed E-state index contributed by atoms with van der Waals surface area (Å²) in [6.45, 7) is 0. The first kappa shape index (κ1) is 7.38. The fraction of sp³-hybridized carbons (Fsp3) is 0. The summed E-state index contributed by atoms with van der Waals surface area (Å²) in [5.41, 5.74) is 0.908. The Labute approximate surface area is 80.3 Å². The van der Waals surface area contributed by atoms with Crippen LogP contribution in [0, 0.1) is 0 Å². The third-order valence-electron chi connectivity index (χ3n) is 2.10. The first-order valence-corrected chi connectivity index (χ1v) is 4.30. The van der Waals surface area contributed by atoms with Gasteiger partial charge in [-0.3, -0.25) is 0 Å². The van der Waals surface area contributed by atoms with Gasteiger partial charge in [0.2, 0.25) is 0 Å². The molecule has 0 radical (unpaired) electrons. The molecule has 1 aromatic rings. The molecule has 2 aliphatic heterocycles. The van der Waals surface area contributed by atoms with Crippen molar-refractivity contribution in [1.82, 2.24) is 4.98 Å². The van der Waals surface area contributed by atoms with Crippen LogP contribution in [-0.2, 0) is 4.74 Å². The quantitative estimate of drug-likeness (QED) is 0.590. The highest BCUT2D eigenvalue weighted by molar-refractivity contribution is 5.53. The molecule has 1 aromatic heterocycles. The van der Waals surface area contributed by atoms with Gasteiger partial charge in [-0.2, -0.15) is 0 Å². The van der Waals surface area contributed by atoms with Crippen LogP contribution in [0.1, 0.15) is 5.69 Å². The molecule has 0 N–H and O–H groups in total. The van der Waals surface area contributed by atoms with Crippen molar-refractivity contribution in [2.24, 2.45) is 0 Å². The predicted octanol–water partition coefficient (Wildman–Crippen LogP) is 0.507. The number of allylic oxidation sites excluding steroid dienone is 1. The molecule has 0 amide bonds. The summed E-state index contributed by atoms with van der Waals surface area (Å²) in [5.74, 6) is 0.765. The third-order valence-corrected chi connectivity index (χ3v) is 2.10. The van der Waals surface area contributed by atoms with Crippen LogP contribution in [0.5, 0.6) is 5.75 Å². The van der Waals surface area contributed by atoms with E-state index in [1.165, 1.54) is 0 Å². The molecule has 0 bridgehead atoms. The lowest BCUT2D eigenvalue weighted by Crippen LogP contribution is -2.22. The van der Waals surface area contributed by atoms with Gasteiger partial charge >= 0.3 is 0 Å². The molecule has 14 heavy (non-hydrogen) atoms. The van der Waals surface area contributed by atoms with Crippen molar-refractivity contribution in [3.63, 3.8) is 0 Å². The zero-order valence-electron chi connectivity index (χ0n) is 7.31. The summed E-state index contributed by atoms with van der Waals surface area (Å²) in [7, 11) is 0. The Bertz CT molecular complexity index is 555. The van der Waals surface area contributed by atoms with Gasteiger partial charge in [-0.15, -0.1) is 0 Å². The van der Waals surface area contributed by atoms with E-state index in [2.05, 4.69) is 4.98 Å². The Kier molecular flexibility index (Phi) is 1.44. The Balaban J connectivity index is 2.37. The summed E-state index contributed by atoms with van der Waals surface area (Å²) in [5, 5.41) is 1.79. The van der Waals surface area contributed by atoms with Gasteiger partial charge in [-0.25, -0.2) is 4.98 Å². The number of fused-ring (bicyclic) bond motifs is 2. The molecule has 0 unspecified atom stereocenters. The van der Waals surface area contributed by atoms with Gasteiger partial charge in [-0.1, -0.05) is 0 Å². The van der Waals surface area contributed by atoms with E-state index in [9.17, 15) is 0 Å². The minimum Gasteiger partial charge on any atom is -0.472 e. The van der Waals surface area contributed by atoms with Gasteiger partial charge in [0, 0.05) is 5.22 Å². The lowest BCUT2D eigenvalue weighted by atomic mass is 10.2. The SMILES string of the molecule is C1=COc2cc3c(nc2=C1)C=COC=3. The second-order valence-electron chi connectivity index (χ2n) is 3.02. The summed E-state index contributed by atoms with van der Waals surface area (Å²) < 4.78 is 10.4. The third kappa shape index (κ3) is 1.03. The van der Waals surface area contributed by atoms with Crippen molar-refractivity contribution in [1.29, 1.82) is 0 Å². The highest BCUT2D eigenvalue weighted by atomic mass is 16.5. The molecule has 0 aromatic carbocycles. The average Bonchev–Trinajstić information content (AvgIpc) is 2.26. The van der Waals surface area contributed by atoms with Crippen molar-refractivity contribution in [2.75, 3.05) is 0 Å². The first-order chi connectivity index (χ1) is 6.93. The fourth-order valence-electron chi connectivity index (χ4n) is 1.44. The Morgan fingerprint density at radius 3 is 3.21 bits per heavy atom. The van der Waals surface area contributed by atoms with Gasteiger partial charge in [-0.05, 0) is 24.3 Å². The van der Waals surface area contributed by atoms with Crippen molar-refractivity contribution in [3.8, 4) is 5.75 Å². The molecule has 2 aliphatic rings. The molecule has 0 fully saturated rings. The molecule has 3 heteroatoms. The molecule has 0 atom stereocenters. The normalized spacial score (nSPS) is 15.4. The lowest BCUT2D eigenvalue weighted by molar-refractivity contribution is 0.455. The maximum Gasteiger partial charge on any atom is 0.152 e. The molecule has 68 valence electrons. The molecular weight excluding hydrogens is 178 g/mol. The van der Waals surface area contributed by atoms with Crippen molar-refractivity contribution < 1.29 is 9.47 Å². The van der Waals surface area contributed by atoms with Gasteiger partial charge in [0.15, 0.2) is 5.75 Å². The molecule has 0 spiro atoms. The van der Waals surface area contributed by atoms with E-state index in [-0.39, 0.29) is 0 Å². The Morgan fingerprint density at radius 2 is 2.21 bits per heavy atom. The number of hydrogen-bond donors (Lipinski definition) is 0. The van der Waals surface area contributed by atoms with Crippen LogP contribution >= 0.6 is 0 Å². The average molecular weight is 185 g/mol. The molecular formula is C11H7NO2.